The topological polar surface area (TPSA) is 50.7 Å². The van der Waals surface area contributed by atoms with Gasteiger partial charge >= 0.3 is 6.09 Å². The van der Waals surface area contributed by atoms with Crippen molar-refractivity contribution in [3.63, 3.8) is 0 Å². The number of carbonyl (C=O) groups excluding carboxylic acids is 1. The Labute approximate surface area is 175 Å². The van der Waals surface area contributed by atoms with Crippen molar-refractivity contribution in [2.75, 3.05) is 11.9 Å². The molecule has 1 aliphatic carbocycles. The Balaban J connectivity index is 1.86. The Kier molecular flexibility index (Phi) is 7.12. The molecule has 1 amide bonds. The fraction of sp³-hybridized carbons (Fsp3) is 0.273. The normalized spacial score (nSPS) is 16.5. The number of carbonyl (C=O) groups is 1. The van der Waals surface area contributed by atoms with Gasteiger partial charge in [-0.3, -0.25) is 10.3 Å². The molecule has 0 bridgehead atoms. The molecule has 146 valence electrons. The van der Waals surface area contributed by atoms with E-state index in [2.05, 4.69) is 11.4 Å². The van der Waals surface area contributed by atoms with E-state index in [9.17, 15) is 4.79 Å². The van der Waals surface area contributed by atoms with Crippen molar-refractivity contribution < 1.29 is 9.53 Å². The van der Waals surface area contributed by atoms with E-state index in [1.54, 1.807) is 6.07 Å². The van der Waals surface area contributed by atoms with Crippen LogP contribution in [0, 0.1) is 0 Å². The van der Waals surface area contributed by atoms with Crippen molar-refractivity contribution in [3.05, 3.63) is 63.6 Å². The van der Waals surface area contributed by atoms with Crippen LogP contribution in [0.4, 0.5) is 16.2 Å². The molecule has 2 aromatic rings. The van der Waals surface area contributed by atoms with Crippen LogP contribution >= 0.6 is 23.2 Å². The second kappa shape index (κ2) is 9.76. The predicted octanol–water partition coefficient (Wildman–Crippen LogP) is 7.29. The van der Waals surface area contributed by atoms with E-state index >= 15 is 0 Å². The van der Waals surface area contributed by atoms with E-state index in [4.69, 9.17) is 32.9 Å². The second-order valence-corrected chi connectivity index (χ2v) is 7.37. The summed E-state index contributed by atoms with van der Waals surface area (Å²) in [6, 6.07) is 12.9. The lowest BCUT2D eigenvalue weighted by Crippen LogP contribution is -2.14. The third-order valence-corrected chi connectivity index (χ3v) is 4.92. The summed E-state index contributed by atoms with van der Waals surface area (Å²) in [5.74, 6) is 0. The molecule has 0 radical (unpaired) electrons. The first kappa shape index (κ1) is 20.4. The van der Waals surface area contributed by atoms with E-state index in [1.807, 2.05) is 43.3 Å². The first-order valence-electron chi connectivity index (χ1n) is 9.33. The Morgan fingerprint density at radius 2 is 2.04 bits per heavy atom. The van der Waals surface area contributed by atoms with Crippen LogP contribution in [0.3, 0.4) is 0 Å². The average Bonchev–Trinajstić information content (AvgIpc) is 3.10. The fourth-order valence-electron chi connectivity index (χ4n) is 3.00. The number of hydrogen-bond acceptors (Lipinski definition) is 3. The Morgan fingerprint density at radius 1 is 1.21 bits per heavy atom. The molecule has 4 nitrogen and oxygen atoms in total. The highest BCUT2D eigenvalue weighted by Gasteiger charge is 2.17. The van der Waals surface area contributed by atoms with Crippen molar-refractivity contribution in [2.24, 2.45) is 4.99 Å². The molecule has 1 aliphatic rings. The predicted molar refractivity (Wildman–Crippen MR) is 117 cm³/mol. The van der Waals surface area contributed by atoms with Crippen molar-refractivity contribution in [2.45, 2.75) is 32.6 Å². The maximum Gasteiger partial charge on any atom is 0.411 e. The minimum absolute atomic E-state index is 0.386. The molecular formula is C22H22Cl2N2O2. The lowest BCUT2D eigenvalue weighted by Gasteiger charge is -2.10. The van der Waals surface area contributed by atoms with Crippen molar-refractivity contribution in [1.29, 1.82) is 0 Å². The number of ether oxygens (including phenoxy) is 1. The van der Waals surface area contributed by atoms with E-state index in [1.165, 1.54) is 0 Å². The summed E-state index contributed by atoms with van der Waals surface area (Å²) in [7, 11) is 0. The molecule has 0 unspecified atom stereocenters. The highest BCUT2D eigenvalue weighted by Crippen LogP contribution is 2.32. The molecular weight excluding hydrogens is 395 g/mol. The van der Waals surface area contributed by atoms with Crippen LogP contribution in [0.15, 0.2) is 53.0 Å². The lowest BCUT2D eigenvalue weighted by molar-refractivity contribution is 0.161. The summed E-state index contributed by atoms with van der Waals surface area (Å²) in [6.45, 7) is 2.34. The van der Waals surface area contributed by atoms with Crippen LogP contribution in [-0.2, 0) is 4.74 Å². The van der Waals surface area contributed by atoms with Gasteiger partial charge in [-0.05, 0) is 67.2 Å². The van der Waals surface area contributed by atoms with Gasteiger partial charge in [0.2, 0.25) is 0 Å². The minimum atomic E-state index is -0.468. The van der Waals surface area contributed by atoms with Gasteiger partial charge in [-0.25, -0.2) is 4.79 Å². The Hall–Kier alpha value is -2.30. The molecule has 0 atom stereocenters. The summed E-state index contributed by atoms with van der Waals surface area (Å²) in [6.07, 6.45) is 5.22. The number of aliphatic imine (C=N–C) groups is 1. The number of para-hydroxylation sites is 2. The number of amides is 1. The zero-order chi connectivity index (χ0) is 19.9. The number of halogens is 2. The highest BCUT2D eigenvalue weighted by molar-refractivity contribution is 6.35. The maximum atomic E-state index is 11.9. The van der Waals surface area contributed by atoms with E-state index < -0.39 is 6.09 Å². The number of allylic oxidation sites excluding steroid dienone is 1. The summed E-state index contributed by atoms with van der Waals surface area (Å²) in [5, 5.41) is 4.01. The smallest absolute Gasteiger partial charge is 0.411 e. The van der Waals surface area contributed by atoms with Gasteiger partial charge < -0.3 is 4.74 Å². The molecule has 0 aromatic heterocycles. The lowest BCUT2D eigenvalue weighted by atomic mass is 10.1. The first-order chi connectivity index (χ1) is 13.6. The number of nitrogens with zero attached hydrogens (tertiary/aromatic N) is 1. The quantitative estimate of drug-likeness (QED) is 0.555. The number of hydrogen-bond donors (Lipinski definition) is 1. The second-order valence-electron chi connectivity index (χ2n) is 6.53. The van der Waals surface area contributed by atoms with Gasteiger partial charge in [-0.2, -0.15) is 0 Å². The van der Waals surface area contributed by atoms with Gasteiger partial charge in [-0.15, -0.1) is 0 Å². The van der Waals surface area contributed by atoms with Crippen LogP contribution in [0.25, 0.3) is 6.08 Å². The van der Waals surface area contributed by atoms with Crippen LogP contribution < -0.4 is 5.32 Å². The first-order valence-corrected chi connectivity index (χ1v) is 10.1. The minimum Gasteiger partial charge on any atom is -0.449 e. The monoisotopic (exact) mass is 416 g/mol. The van der Waals surface area contributed by atoms with Crippen molar-refractivity contribution >= 4 is 52.5 Å². The van der Waals surface area contributed by atoms with Gasteiger partial charge in [0.05, 0.1) is 18.0 Å². The average molecular weight is 417 g/mol. The Morgan fingerprint density at radius 3 is 2.82 bits per heavy atom. The van der Waals surface area contributed by atoms with E-state index in [0.29, 0.717) is 28.0 Å². The summed E-state index contributed by atoms with van der Waals surface area (Å²) in [5.41, 5.74) is 4.41. The largest absolute Gasteiger partial charge is 0.449 e. The SMILES string of the molecule is CCCOC(=O)Nc1ccccc1N=C1CCCC1=Cc1ccc(Cl)cc1Cl. The molecule has 1 N–H and O–H groups in total. The molecule has 28 heavy (non-hydrogen) atoms. The zero-order valence-electron chi connectivity index (χ0n) is 15.7. The van der Waals surface area contributed by atoms with Gasteiger partial charge in [0, 0.05) is 15.8 Å². The zero-order valence-corrected chi connectivity index (χ0v) is 17.2. The van der Waals surface area contributed by atoms with Gasteiger partial charge in [0.1, 0.15) is 0 Å². The fourth-order valence-corrected chi connectivity index (χ4v) is 3.47. The molecule has 0 heterocycles. The maximum absolute atomic E-state index is 11.9. The van der Waals surface area contributed by atoms with Crippen LogP contribution in [0.5, 0.6) is 0 Å². The van der Waals surface area contributed by atoms with Gasteiger partial charge in [-0.1, -0.05) is 48.3 Å². The van der Waals surface area contributed by atoms with Gasteiger partial charge in [0.15, 0.2) is 0 Å². The summed E-state index contributed by atoms with van der Waals surface area (Å²) >= 11 is 12.3. The highest BCUT2D eigenvalue weighted by atomic mass is 35.5. The molecule has 0 spiro atoms. The summed E-state index contributed by atoms with van der Waals surface area (Å²) in [4.78, 5) is 16.7. The third-order valence-electron chi connectivity index (χ3n) is 4.36. The molecule has 3 rings (SSSR count). The number of benzene rings is 2. The summed E-state index contributed by atoms with van der Waals surface area (Å²) < 4.78 is 5.11. The standard InChI is InChI=1S/C22H22Cl2N2O2/c1-2-12-28-22(27)26-21-8-4-3-7-20(21)25-19-9-5-6-16(19)13-15-10-11-17(23)14-18(15)24/h3-4,7-8,10-11,13-14H,2,5-6,9,12H2,1H3,(H,26,27). The molecule has 1 saturated carbocycles. The van der Waals surface area contributed by atoms with Crippen LogP contribution in [0.2, 0.25) is 10.0 Å². The number of nitrogens with one attached hydrogen (secondary N) is 1. The van der Waals surface area contributed by atoms with E-state index in [-0.39, 0.29) is 0 Å². The number of anilines is 1. The molecule has 1 fully saturated rings. The molecule has 0 saturated heterocycles. The van der Waals surface area contributed by atoms with Crippen molar-refractivity contribution in [3.8, 4) is 0 Å². The van der Waals surface area contributed by atoms with E-state index in [0.717, 1.165) is 42.5 Å². The third kappa shape index (κ3) is 5.37. The number of rotatable bonds is 5. The molecule has 2 aromatic carbocycles. The van der Waals surface area contributed by atoms with Crippen molar-refractivity contribution in [1.82, 2.24) is 0 Å². The van der Waals surface area contributed by atoms with Crippen LogP contribution in [-0.4, -0.2) is 18.4 Å². The van der Waals surface area contributed by atoms with Gasteiger partial charge in [0.25, 0.3) is 0 Å². The Bertz CT molecular complexity index is 923. The van der Waals surface area contributed by atoms with Crippen LogP contribution in [0.1, 0.15) is 38.2 Å². The molecule has 6 heteroatoms. The molecule has 0 aliphatic heterocycles.